The Kier molecular flexibility index (Phi) is 3.63. The van der Waals surface area contributed by atoms with Crippen molar-refractivity contribution in [2.45, 2.75) is 20.5 Å². The van der Waals surface area contributed by atoms with E-state index in [4.69, 9.17) is 5.11 Å². The Morgan fingerprint density at radius 1 is 1.06 bits per heavy atom. The lowest BCUT2D eigenvalue weighted by molar-refractivity contribution is 0.277. The van der Waals surface area contributed by atoms with E-state index in [9.17, 15) is 0 Å². The van der Waals surface area contributed by atoms with Crippen LogP contribution in [0.4, 0.5) is 11.4 Å². The maximum Gasteiger partial charge on any atom is 0.0853 e. The highest BCUT2D eigenvalue weighted by molar-refractivity contribution is 5.63. The maximum atomic E-state index is 9.12. The lowest BCUT2D eigenvalue weighted by Crippen LogP contribution is -2.10. The van der Waals surface area contributed by atoms with Crippen molar-refractivity contribution in [1.82, 2.24) is 4.98 Å². The van der Waals surface area contributed by atoms with Gasteiger partial charge in [0, 0.05) is 24.6 Å². The van der Waals surface area contributed by atoms with Gasteiger partial charge in [-0.15, -0.1) is 0 Å². The van der Waals surface area contributed by atoms with Gasteiger partial charge in [-0.1, -0.05) is 6.07 Å². The van der Waals surface area contributed by atoms with Crippen LogP contribution in [0.15, 0.2) is 36.5 Å². The van der Waals surface area contributed by atoms with Gasteiger partial charge < -0.3 is 10.0 Å². The summed E-state index contributed by atoms with van der Waals surface area (Å²) >= 11 is 0. The lowest BCUT2D eigenvalue weighted by atomic mass is 10.1. The Balaban J connectivity index is 2.37. The number of aliphatic hydroxyl groups is 1. The third-order valence-electron chi connectivity index (χ3n) is 2.94. The van der Waals surface area contributed by atoms with Gasteiger partial charge >= 0.3 is 0 Å². The Labute approximate surface area is 108 Å². The van der Waals surface area contributed by atoms with Gasteiger partial charge in [-0.25, -0.2) is 0 Å². The number of aryl methyl sites for hydroxylation is 2. The van der Waals surface area contributed by atoms with Gasteiger partial charge in [0.2, 0.25) is 0 Å². The normalized spacial score (nSPS) is 10.4. The van der Waals surface area contributed by atoms with Gasteiger partial charge in [-0.2, -0.15) is 0 Å². The van der Waals surface area contributed by atoms with Gasteiger partial charge in [0.05, 0.1) is 12.3 Å². The largest absolute Gasteiger partial charge is 0.390 e. The summed E-state index contributed by atoms with van der Waals surface area (Å²) in [5, 5.41) is 9.12. The topological polar surface area (TPSA) is 36.4 Å². The van der Waals surface area contributed by atoms with E-state index in [0.717, 1.165) is 11.4 Å². The van der Waals surface area contributed by atoms with E-state index >= 15 is 0 Å². The molecule has 1 heterocycles. The number of hydrogen-bond donors (Lipinski definition) is 1. The van der Waals surface area contributed by atoms with E-state index in [0.29, 0.717) is 5.69 Å². The molecule has 1 N–H and O–H groups in total. The molecule has 0 saturated carbocycles. The Morgan fingerprint density at radius 3 is 2.33 bits per heavy atom. The predicted molar refractivity (Wildman–Crippen MR) is 74.1 cm³/mol. The first-order valence-electron chi connectivity index (χ1n) is 5.98. The van der Waals surface area contributed by atoms with Crippen LogP contribution in [0.2, 0.25) is 0 Å². The zero-order valence-electron chi connectivity index (χ0n) is 11.0. The van der Waals surface area contributed by atoms with E-state index < -0.39 is 0 Å². The molecule has 3 heteroatoms. The monoisotopic (exact) mass is 242 g/mol. The molecule has 0 atom stereocenters. The number of aliphatic hydroxyl groups excluding tert-OH is 1. The van der Waals surface area contributed by atoms with Gasteiger partial charge in [0.1, 0.15) is 0 Å². The quantitative estimate of drug-likeness (QED) is 0.899. The van der Waals surface area contributed by atoms with Gasteiger partial charge in [-0.05, 0) is 49.2 Å². The minimum Gasteiger partial charge on any atom is -0.390 e. The van der Waals surface area contributed by atoms with Crippen molar-refractivity contribution in [1.29, 1.82) is 0 Å². The minimum absolute atomic E-state index is 0.0332. The molecule has 0 spiro atoms. The average molecular weight is 242 g/mol. The molecule has 2 rings (SSSR count). The second kappa shape index (κ2) is 5.19. The number of nitrogens with zero attached hydrogens (tertiary/aromatic N) is 2. The van der Waals surface area contributed by atoms with Crippen molar-refractivity contribution in [3.63, 3.8) is 0 Å². The summed E-state index contributed by atoms with van der Waals surface area (Å²) in [5.74, 6) is 0. The summed E-state index contributed by atoms with van der Waals surface area (Å²) in [6.45, 7) is 4.15. The molecule has 2 aromatic rings. The fourth-order valence-corrected chi connectivity index (χ4v) is 2.05. The SMILES string of the molecule is Cc1cc(C)cc(N(C)c2ccnc(CO)c2)c1. The third-order valence-corrected chi connectivity index (χ3v) is 2.94. The van der Waals surface area contributed by atoms with Crippen molar-refractivity contribution in [3.05, 3.63) is 53.3 Å². The molecule has 3 nitrogen and oxygen atoms in total. The second-order valence-electron chi connectivity index (χ2n) is 4.57. The average Bonchev–Trinajstić information content (AvgIpc) is 2.37. The van der Waals surface area contributed by atoms with E-state index in [1.165, 1.54) is 11.1 Å². The first kappa shape index (κ1) is 12.6. The van der Waals surface area contributed by atoms with Crippen LogP contribution in [-0.4, -0.2) is 17.1 Å². The third kappa shape index (κ3) is 2.68. The Morgan fingerprint density at radius 2 is 1.72 bits per heavy atom. The van der Waals surface area contributed by atoms with Crippen LogP contribution in [0.3, 0.4) is 0 Å². The van der Waals surface area contributed by atoms with Crippen molar-refractivity contribution >= 4 is 11.4 Å². The molecule has 0 saturated heterocycles. The number of rotatable bonds is 3. The molecule has 0 unspecified atom stereocenters. The van der Waals surface area contributed by atoms with Crippen molar-refractivity contribution in [2.75, 3.05) is 11.9 Å². The standard InChI is InChI=1S/C15H18N2O/c1-11-6-12(2)8-15(7-11)17(3)14-4-5-16-13(9-14)10-18/h4-9,18H,10H2,1-3H3. The first-order chi connectivity index (χ1) is 8.60. The zero-order chi connectivity index (χ0) is 13.1. The fourth-order valence-electron chi connectivity index (χ4n) is 2.05. The van der Waals surface area contributed by atoms with E-state index in [1.54, 1.807) is 6.20 Å². The number of pyridine rings is 1. The first-order valence-corrected chi connectivity index (χ1v) is 5.98. The van der Waals surface area contributed by atoms with Crippen LogP contribution in [-0.2, 0) is 6.61 Å². The van der Waals surface area contributed by atoms with E-state index in [2.05, 4.69) is 41.9 Å². The van der Waals surface area contributed by atoms with E-state index in [-0.39, 0.29) is 6.61 Å². The van der Waals surface area contributed by atoms with Gasteiger partial charge in [-0.3, -0.25) is 4.98 Å². The van der Waals surface area contributed by atoms with Crippen LogP contribution in [0.1, 0.15) is 16.8 Å². The molecule has 0 amide bonds. The van der Waals surface area contributed by atoms with Crippen molar-refractivity contribution < 1.29 is 5.11 Å². The molecule has 0 aliphatic rings. The molecule has 1 aromatic carbocycles. The van der Waals surface area contributed by atoms with Crippen molar-refractivity contribution in [3.8, 4) is 0 Å². The summed E-state index contributed by atoms with van der Waals surface area (Å²) in [5.41, 5.74) is 5.34. The molecule has 94 valence electrons. The molecule has 0 bridgehead atoms. The second-order valence-corrected chi connectivity index (χ2v) is 4.57. The predicted octanol–water partition coefficient (Wildman–Crippen LogP) is 2.96. The van der Waals surface area contributed by atoms with Crippen LogP contribution in [0.5, 0.6) is 0 Å². The fraction of sp³-hybridized carbons (Fsp3) is 0.267. The van der Waals surface area contributed by atoms with Crippen LogP contribution in [0, 0.1) is 13.8 Å². The summed E-state index contributed by atoms with van der Waals surface area (Å²) in [6, 6.07) is 10.3. The van der Waals surface area contributed by atoms with Crippen LogP contribution in [0.25, 0.3) is 0 Å². The number of anilines is 2. The Hall–Kier alpha value is -1.87. The molecule has 0 fully saturated rings. The number of hydrogen-bond acceptors (Lipinski definition) is 3. The lowest BCUT2D eigenvalue weighted by Gasteiger charge is -2.21. The maximum absolute atomic E-state index is 9.12. The summed E-state index contributed by atoms with van der Waals surface area (Å²) in [4.78, 5) is 6.19. The summed E-state index contributed by atoms with van der Waals surface area (Å²) in [6.07, 6.45) is 1.72. The molecule has 1 aromatic heterocycles. The molecule has 18 heavy (non-hydrogen) atoms. The highest BCUT2D eigenvalue weighted by Crippen LogP contribution is 2.25. The molecular weight excluding hydrogens is 224 g/mol. The highest BCUT2D eigenvalue weighted by Gasteiger charge is 2.06. The van der Waals surface area contributed by atoms with Gasteiger partial charge in [0.15, 0.2) is 0 Å². The van der Waals surface area contributed by atoms with Crippen LogP contribution >= 0.6 is 0 Å². The number of aromatic nitrogens is 1. The smallest absolute Gasteiger partial charge is 0.0853 e. The molecule has 0 radical (unpaired) electrons. The zero-order valence-corrected chi connectivity index (χ0v) is 11.0. The molecular formula is C15H18N2O. The highest BCUT2D eigenvalue weighted by atomic mass is 16.3. The van der Waals surface area contributed by atoms with Crippen LogP contribution < -0.4 is 4.90 Å². The van der Waals surface area contributed by atoms with Crippen molar-refractivity contribution in [2.24, 2.45) is 0 Å². The van der Waals surface area contributed by atoms with E-state index in [1.807, 2.05) is 19.2 Å². The summed E-state index contributed by atoms with van der Waals surface area (Å²) < 4.78 is 0. The minimum atomic E-state index is -0.0332. The Bertz CT molecular complexity index is 532. The number of benzene rings is 1. The summed E-state index contributed by atoms with van der Waals surface area (Å²) in [7, 11) is 2.02. The molecule has 0 aliphatic heterocycles. The molecule has 0 aliphatic carbocycles. The van der Waals surface area contributed by atoms with Gasteiger partial charge in [0.25, 0.3) is 0 Å².